The van der Waals surface area contributed by atoms with Gasteiger partial charge in [-0.25, -0.2) is 4.79 Å². The molecule has 1 fully saturated rings. The number of amides is 2. The number of carbonyl (C=O) groups is 2. The molecular formula is C19H22ClNO3. The molecule has 24 heavy (non-hydrogen) atoms. The minimum absolute atomic E-state index is 0.297. The molecule has 1 aromatic rings. The molecule has 0 radical (unpaired) electrons. The molecule has 0 spiro atoms. The molecule has 1 aromatic carbocycles. The molecule has 2 atom stereocenters. The Morgan fingerprint density at radius 2 is 2.00 bits per heavy atom. The van der Waals surface area contributed by atoms with Crippen molar-refractivity contribution in [2.24, 2.45) is 17.3 Å². The van der Waals surface area contributed by atoms with Crippen molar-refractivity contribution >= 4 is 23.6 Å². The van der Waals surface area contributed by atoms with E-state index in [0.717, 1.165) is 18.8 Å². The second-order valence-corrected chi connectivity index (χ2v) is 7.67. The van der Waals surface area contributed by atoms with Crippen LogP contribution in [0.25, 0.3) is 0 Å². The molecule has 0 aromatic heterocycles. The third kappa shape index (κ3) is 3.48. The van der Waals surface area contributed by atoms with Crippen LogP contribution < -0.4 is 5.32 Å². The van der Waals surface area contributed by atoms with Crippen LogP contribution in [0.3, 0.4) is 0 Å². The van der Waals surface area contributed by atoms with E-state index in [1.807, 2.05) is 0 Å². The van der Waals surface area contributed by atoms with E-state index in [9.17, 15) is 9.59 Å². The van der Waals surface area contributed by atoms with E-state index < -0.39 is 12.0 Å². The summed E-state index contributed by atoms with van der Waals surface area (Å²) in [6, 6.07) is 6.33. The highest BCUT2D eigenvalue weighted by atomic mass is 35.5. The standard InChI is InChI=1S/C19H22ClNO3/c1-19(2)14-9-12(10-15(19)11-14)7-8-24-18(23)21-17(22)13-3-5-16(20)6-4-13/h3-6,9,14-15H,7-8,10-11H2,1-2H3,(H,21,22,23)/t14-,15+/m0/s1. The molecule has 0 unspecified atom stereocenters. The Labute approximate surface area is 147 Å². The average Bonchev–Trinajstić information content (AvgIpc) is 2.55. The highest BCUT2D eigenvalue weighted by Crippen LogP contribution is 2.58. The summed E-state index contributed by atoms with van der Waals surface area (Å²) in [5.74, 6) is 0.922. The van der Waals surface area contributed by atoms with Crippen LogP contribution in [0.5, 0.6) is 0 Å². The molecule has 4 nitrogen and oxygen atoms in total. The minimum atomic E-state index is -0.711. The maximum Gasteiger partial charge on any atom is 0.414 e. The quantitative estimate of drug-likeness (QED) is 0.810. The summed E-state index contributed by atoms with van der Waals surface area (Å²) in [5, 5.41) is 2.76. The Morgan fingerprint density at radius 3 is 2.58 bits per heavy atom. The predicted octanol–water partition coefficient (Wildman–Crippen LogP) is 4.59. The molecule has 3 aliphatic carbocycles. The molecule has 4 rings (SSSR count). The third-order valence-electron chi connectivity index (χ3n) is 5.47. The normalized spacial score (nSPS) is 23.7. The van der Waals surface area contributed by atoms with Crippen molar-refractivity contribution in [1.82, 2.24) is 5.32 Å². The maximum absolute atomic E-state index is 11.9. The lowest BCUT2D eigenvalue weighted by atomic mass is 9.50. The first-order chi connectivity index (χ1) is 11.4. The van der Waals surface area contributed by atoms with Gasteiger partial charge >= 0.3 is 6.09 Å². The van der Waals surface area contributed by atoms with Crippen LogP contribution >= 0.6 is 11.6 Å². The second-order valence-electron chi connectivity index (χ2n) is 7.24. The number of hydrogen-bond acceptors (Lipinski definition) is 3. The zero-order chi connectivity index (χ0) is 17.3. The second kappa shape index (κ2) is 6.60. The van der Waals surface area contributed by atoms with E-state index in [1.54, 1.807) is 24.3 Å². The molecule has 1 saturated carbocycles. The zero-order valence-electron chi connectivity index (χ0n) is 14.0. The van der Waals surface area contributed by atoms with Crippen molar-refractivity contribution in [3.8, 4) is 0 Å². The number of imide groups is 1. The van der Waals surface area contributed by atoms with Gasteiger partial charge in [0.05, 0.1) is 6.61 Å². The fourth-order valence-electron chi connectivity index (χ4n) is 3.62. The summed E-state index contributed by atoms with van der Waals surface area (Å²) in [5.41, 5.74) is 2.16. The molecular weight excluding hydrogens is 326 g/mol. The number of halogens is 1. The Bertz CT molecular complexity index is 678. The van der Waals surface area contributed by atoms with Crippen molar-refractivity contribution < 1.29 is 14.3 Å². The van der Waals surface area contributed by atoms with Crippen LogP contribution in [0.4, 0.5) is 4.79 Å². The SMILES string of the molecule is CC1(C)[C@@H]2CC(CCOC(=O)NC(=O)c3ccc(Cl)cc3)=C[C@H]1C2. The minimum Gasteiger partial charge on any atom is -0.449 e. The Hall–Kier alpha value is -1.81. The molecule has 2 bridgehead atoms. The smallest absolute Gasteiger partial charge is 0.414 e. The Balaban J connectivity index is 1.42. The summed E-state index contributed by atoms with van der Waals surface area (Å²) >= 11 is 5.77. The lowest BCUT2D eigenvalue weighted by Crippen LogP contribution is -2.46. The molecule has 3 aliphatic rings. The van der Waals surface area contributed by atoms with Crippen LogP contribution in [-0.4, -0.2) is 18.6 Å². The fraction of sp³-hybridized carbons (Fsp3) is 0.474. The van der Waals surface area contributed by atoms with Crippen molar-refractivity contribution in [2.45, 2.75) is 33.1 Å². The molecule has 128 valence electrons. The van der Waals surface area contributed by atoms with E-state index >= 15 is 0 Å². The third-order valence-corrected chi connectivity index (χ3v) is 5.72. The molecule has 1 N–H and O–H groups in total. The first-order valence-electron chi connectivity index (χ1n) is 8.29. The molecule has 0 aliphatic heterocycles. The number of allylic oxidation sites excluding steroid dienone is 1. The number of alkyl carbamates (subject to hydrolysis) is 1. The van der Waals surface area contributed by atoms with Crippen LogP contribution in [0.1, 0.15) is 43.5 Å². The van der Waals surface area contributed by atoms with Gasteiger partial charge in [-0.15, -0.1) is 0 Å². The first kappa shape index (κ1) is 17.0. The van der Waals surface area contributed by atoms with Crippen molar-refractivity contribution in [3.05, 3.63) is 46.5 Å². The van der Waals surface area contributed by atoms with Gasteiger partial charge in [0.15, 0.2) is 0 Å². The maximum atomic E-state index is 11.9. The van der Waals surface area contributed by atoms with E-state index in [4.69, 9.17) is 16.3 Å². The van der Waals surface area contributed by atoms with Gasteiger partial charge in [0.1, 0.15) is 0 Å². The number of carbonyl (C=O) groups excluding carboxylic acids is 2. The van der Waals surface area contributed by atoms with E-state index in [2.05, 4.69) is 25.2 Å². The lowest BCUT2D eigenvalue weighted by molar-refractivity contribution is -0.00241. The van der Waals surface area contributed by atoms with Crippen LogP contribution in [0.2, 0.25) is 5.02 Å². The summed E-state index contributed by atoms with van der Waals surface area (Å²) in [4.78, 5) is 23.6. The zero-order valence-corrected chi connectivity index (χ0v) is 14.7. The van der Waals surface area contributed by atoms with Crippen molar-refractivity contribution in [1.29, 1.82) is 0 Å². The van der Waals surface area contributed by atoms with Gasteiger partial charge in [0.2, 0.25) is 0 Å². The van der Waals surface area contributed by atoms with Gasteiger partial charge in [0.25, 0.3) is 5.91 Å². The van der Waals surface area contributed by atoms with E-state index in [0.29, 0.717) is 28.5 Å². The van der Waals surface area contributed by atoms with Crippen molar-refractivity contribution in [3.63, 3.8) is 0 Å². The average molecular weight is 348 g/mol. The van der Waals surface area contributed by atoms with Gasteiger partial charge in [-0.2, -0.15) is 0 Å². The van der Waals surface area contributed by atoms with Crippen molar-refractivity contribution in [2.75, 3.05) is 6.61 Å². The summed E-state index contributed by atoms with van der Waals surface area (Å²) in [6.07, 6.45) is 4.76. The fourth-order valence-corrected chi connectivity index (χ4v) is 3.74. The van der Waals surface area contributed by atoms with Crippen LogP contribution in [0, 0.1) is 17.3 Å². The topological polar surface area (TPSA) is 55.4 Å². The molecule has 0 heterocycles. The van der Waals surface area contributed by atoms with E-state index in [-0.39, 0.29) is 0 Å². The number of fused-ring (bicyclic) bond motifs is 1. The van der Waals surface area contributed by atoms with Crippen LogP contribution in [0.15, 0.2) is 35.9 Å². The Morgan fingerprint density at radius 1 is 1.29 bits per heavy atom. The number of rotatable bonds is 4. The van der Waals surface area contributed by atoms with E-state index in [1.165, 1.54) is 12.0 Å². The highest BCUT2D eigenvalue weighted by molar-refractivity contribution is 6.30. The van der Waals surface area contributed by atoms with Gasteiger partial charge in [-0.1, -0.05) is 37.1 Å². The summed E-state index contributed by atoms with van der Waals surface area (Å²) < 4.78 is 5.12. The van der Waals surface area contributed by atoms with Gasteiger partial charge < -0.3 is 4.74 Å². The summed E-state index contributed by atoms with van der Waals surface area (Å²) in [6.45, 7) is 4.95. The number of ether oxygens (including phenoxy) is 1. The molecule has 2 amide bonds. The highest BCUT2D eigenvalue weighted by Gasteiger charge is 2.49. The number of hydrogen-bond donors (Lipinski definition) is 1. The van der Waals surface area contributed by atoms with Gasteiger partial charge in [-0.05, 0) is 54.4 Å². The molecule has 5 heteroatoms. The van der Waals surface area contributed by atoms with Crippen LogP contribution in [-0.2, 0) is 4.74 Å². The number of nitrogens with one attached hydrogen (secondary N) is 1. The molecule has 0 saturated heterocycles. The van der Waals surface area contributed by atoms with Gasteiger partial charge in [-0.3, -0.25) is 10.1 Å². The predicted molar refractivity (Wildman–Crippen MR) is 93.0 cm³/mol. The largest absolute Gasteiger partial charge is 0.449 e. The summed E-state index contributed by atoms with van der Waals surface area (Å²) in [7, 11) is 0. The first-order valence-corrected chi connectivity index (χ1v) is 8.67. The monoisotopic (exact) mass is 347 g/mol. The van der Waals surface area contributed by atoms with Gasteiger partial charge in [0, 0.05) is 17.0 Å². The Kier molecular flexibility index (Phi) is 4.68. The number of benzene rings is 1. The lowest BCUT2D eigenvalue weighted by Gasteiger charge is -2.55.